The number of aliphatic hydroxyl groups excluding tert-OH is 1. The van der Waals surface area contributed by atoms with Gasteiger partial charge in [-0.25, -0.2) is 0 Å². The molecule has 2 fully saturated rings. The topological polar surface area (TPSA) is 132 Å². The first-order valence-corrected chi connectivity index (χ1v) is 23.2. The average Bonchev–Trinajstić information content (AvgIpc) is 3.38. The van der Waals surface area contributed by atoms with Crippen LogP contribution in [0.5, 0.6) is 0 Å². The molecule has 10 atom stereocenters. The summed E-state index contributed by atoms with van der Waals surface area (Å²) in [5.74, 6) is -0.317. The van der Waals surface area contributed by atoms with Crippen molar-refractivity contribution >= 4 is 5.91 Å². The van der Waals surface area contributed by atoms with E-state index in [-0.39, 0.29) is 52.2 Å². The van der Waals surface area contributed by atoms with E-state index in [2.05, 4.69) is 5.32 Å². The van der Waals surface area contributed by atoms with Gasteiger partial charge in [-0.05, 0) is 33.4 Å². The molecule has 0 aliphatic carbocycles. The van der Waals surface area contributed by atoms with Gasteiger partial charge in [-0.2, -0.15) is 0 Å². The summed E-state index contributed by atoms with van der Waals surface area (Å²) in [4.78, 5) is 13.2. The van der Waals surface area contributed by atoms with Crippen LogP contribution in [0.2, 0.25) is 0 Å². The Kier molecular flexibility index (Phi) is 18.4. The van der Waals surface area contributed by atoms with Gasteiger partial charge in [0.2, 0.25) is 5.91 Å². The molecule has 0 radical (unpaired) electrons. The number of aliphatic hydroxyl groups is 1. The van der Waals surface area contributed by atoms with Gasteiger partial charge in [0.1, 0.15) is 48.8 Å². The molecule has 2 aliphatic rings. The summed E-state index contributed by atoms with van der Waals surface area (Å²) in [6.07, 6.45) is -8.26. The number of carbonyl (C=O) groups excluding carboxylic acids is 1. The Morgan fingerprint density at radius 1 is 0.426 bits per heavy atom. The molecule has 2 heterocycles. The molecule has 12 nitrogen and oxygen atoms in total. The maximum Gasteiger partial charge on any atom is 0.217 e. The largest absolute Gasteiger partial charge is 0.374 e. The molecule has 0 aromatic heterocycles. The van der Waals surface area contributed by atoms with Crippen molar-refractivity contribution in [2.24, 2.45) is 0 Å². The summed E-state index contributed by atoms with van der Waals surface area (Å²) in [7, 11) is 0. The third-order valence-corrected chi connectivity index (χ3v) is 11.9. The van der Waals surface area contributed by atoms with Gasteiger partial charge in [0.05, 0.1) is 52.9 Å². The van der Waals surface area contributed by atoms with Crippen molar-refractivity contribution < 1.29 is 52.5 Å². The minimum absolute atomic E-state index is 0.115. The summed E-state index contributed by atoms with van der Waals surface area (Å²) < 4.78 is 59.9. The summed E-state index contributed by atoms with van der Waals surface area (Å²) >= 11 is 0. The van der Waals surface area contributed by atoms with Crippen LogP contribution in [-0.2, 0) is 87.1 Å². The Balaban J connectivity index is 1.09. The van der Waals surface area contributed by atoms with Gasteiger partial charge in [0.25, 0.3) is 0 Å². The molecule has 12 heteroatoms. The molecule has 0 unspecified atom stereocenters. The van der Waals surface area contributed by atoms with Crippen LogP contribution in [0.25, 0.3) is 0 Å². The van der Waals surface area contributed by atoms with E-state index in [0.717, 1.165) is 33.4 Å². The molecular formula is C56H61NO11. The molecule has 356 valence electrons. The van der Waals surface area contributed by atoms with Crippen LogP contribution in [0, 0.1) is 0 Å². The molecule has 0 bridgehead atoms. The first-order chi connectivity index (χ1) is 33.5. The van der Waals surface area contributed by atoms with Gasteiger partial charge in [0, 0.05) is 6.92 Å². The van der Waals surface area contributed by atoms with Crippen molar-refractivity contribution in [1.29, 1.82) is 0 Å². The zero-order chi connectivity index (χ0) is 46.8. The number of carbonyl (C=O) groups is 1. The molecule has 0 saturated carbocycles. The fourth-order valence-corrected chi connectivity index (χ4v) is 8.46. The zero-order valence-electron chi connectivity index (χ0n) is 38.3. The average molecular weight is 924 g/mol. The van der Waals surface area contributed by atoms with Crippen LogP contribution < -0.4 is 5.32 Å². The third-order valence-electron chi connectivity index (χ3n) is 11.9. The molecule has 2 aliphatic heterocycles. The van der Waals surface area contributed by atoms with Crippen LogP contribution in [0.1, 0.15) is 40.3 Å². The van der Waals surface area contributed by atoms with E-state index in [4.69, 9.17) is 42.6 Å². The monoisotopic (exact) mass is 923 g/mol. The van der Waals surface area contributed by atoms with E-state index >= 15 is 0 Å². The highest BCUT2D eigenvalue weighted by atomic mass is 16.7. The van der Waals surface area contributed by atoms with Gasteiger partial charge in [0.15, 0.2) is 12.6 Å². The zero-order valence-corrected chi connectivity index (χ0v) is 38.3. The highest BCUT2D eigenvalue weighted by molar-refractivity contribution is 5.73. The van der Waals surface area contributed by atoms with Crippen LogP contribution in [-0.4, -0.2) is 85.6 Å². The Labute approximate surface area is 399 Å². The van der Waals surface area contributed by atoms with Gasteiger partial charge in [-0.1, -0.05) is 182 Å². The second-order valence-corrected chi connectivity index (χ2v) is 17.0. The number of benzene rings is 6. The molecule has 6 aromatic rings. The van der Waals surface area contributed by atoms with Gasteiger partial charge >= 0.3 is 0 Å². The maximum absolute atomic E-state index is 13.2. The summed E-state index contributed by atoms with van der Waals surface area (Å²) in [5.41, 5.74) is 5.67. The van der Waals surface area contributed by atoms with E-state index in [1.54, 1.807) is 0 Å². The highest BCUT2D eigenvalue weighted by Gasteiger charge is 2.51. The first-order valence-electron chi connectivity index (χ1n) is 23.2. The number of rotatable bonds is 23. The van der Waals surface area contributed by atoms with Gasteiger partial charge in [-0.3, -0.25) is 4.79 Å². The van der Waals surface area contributed by atoms with E-state index in [1.165, 1.54) is 6.92 Å². The Morgan fingerprint density at radius 2 is 0.765 bits per heavy atom. The highest BCUT2D eigenvalue weighted by Crippen LogP contribution is 2.33. The molecule has 68 heavy (non-hydrogen) atoms. The molecule has 6 aromatic carbocycles. The van der Waals surface area contributed by atoms with Crippen molar-refractivity contribution in [3.05, 3.63) is 215 Å². The second-order valence-electron chi connectivity index (χ2n) is 17.0. The Hall–Kier alpha value is -5.61. The minimum Gasteiger partial charge on any atom is -0.374 e. The van der Waals surface area contributed by atoms with Gasteiger partial charge in [-0.15, -0.1) is 0 Å². The predicted molar refractivity (Wildman–Crippen MR) is 254 cm³/mol. The van der Waals surface area contributed by atoms with E-state index in [9.17, 15) is 9.90 Å². The molecule has 1 amide bonds. The van der Waals surface area contributed by atoms with Crippen molar-refractivity contribution in [2.45, 2.75) is 108 Å². The molecule has 2 N–H and O–H groups in total. The van der Waals surface area contributed by atoms with Crippen molar-refractivity contribution in [3.63, 3.8) is 0 Å². The summed E-state index contributed by atoms with van der Waals surface area (Å²) in [6, 6.07) is 58.0. The van der Waals surface area contributed by atoms with Crippen molar-refractivity contribution in [1.82, 2.24) is 5.32 Å². The molecule has 0 spiro atoms. The van der Waals surface area contributed by atoms with E-state index in [0.29, 0.717) is 6.61 Å². The SMILES string of the molecule is CC(=O)N[C@H]1[C@@H](OC[C@H]2O[C@H](O)[C@H](OCc3ccccc3)[C@@H](OCc3ccccc3)[C@@H]2OCc2ccccc2)O[C@H](COCc2ccccc2)[C@@H](OCc2ccccc2)[C@@H]1OCc1ccccc1. The second kappa shape index (κ2) is 25.7. The lowest BCUT2D eigenvalue weighted by Crippen LogP contribution is -2.66. The minimum atomic E-state index is -1.43. The normalized spacial score (nSPS) is 24.9. The van der Waals surface area contributed by atoms with E-state index in [1.807, 2.05) is 182 Å². The van der Waals surface area contributed by atoms with Crippen LogP contribution in [0.15, 0.2) is 182 Å². The molecular weight excluding hydrogens is 863 g/mol. The lowest BCUT2D eigenvalue weighted by Gasteiger charge is -2.47. The van der Waals surface area contributed by atoms with Crippen LogP contribution in [0.4, 0.5) is 0 Å². The fourth-order valence-electron chi connectivity index (χ4n) is 8.46. The quantitative estimate of drug-likeness (QED) is 0.0647. The van der Waals surface area contributed by atoms with Crippen molar-refractivity contribution in [3.8, 4) is 0 Å². The smallest absolute Gasteiger partial charge is 0.217 e. The van der Waals surface area contributed by atoms with Gasteiger partial charge < -0.3 is 53.1 Å². The Bertz CT molecular complexity index is 2330. The molecule has 2 saturated heterocycles. The maximum atomic E-state index is 13.2. The summed E-state index contributed by atoms with van der Waals surface area (Å²) in [6.45, 7) is 2.83. The number of hydrogen-bond acceptors (Lipinski definition) is 11. The fraction of sp³-hybridized carbons (Fsp3) is 0.339. The number of amides is 1. The van der Waals surface area contributed by atoms with E-state index < -0.39 is 61.3 Å². The molecule has 8 rings (SSSR count). The number of ether oxygens (including phenoxy) is 9. The standard InChI is InChI=1S/C56H61NO11/c1-40(58)57-49-52(63-35-44-26-14-5-15-27-44)50(61-33-42-22-10-3-11-23-42)47(38-60-32-41-20-8-2-9-21-41)68-56(49)66-39-48-51(62-34-43-24-12-4-13-25-43)53(64-36-45-28-16-6-17-29-45)54(55(59)67-48)65-37-46-30-18-7-19-31-46/h2-31,47-56,59H,32-39H2,1H3,(H,57,58)/t47-,48-,49-,50-,51-,52-,53+,54-,55+,56+/m1/s1. The summed E-state index contributed by atoms with van der Waals surface area (Å²) in [5, 5.41) is 14.9. The lowest BCUT2D eigenvalue weighted by atomic mass is 9.95. The third kappa shape index (κ3) is 14.2. The number of hydrogen-bond donors (Lipinski definition) is 2. The predicted octanol–water partition coefficient (Wildman–Crippen LogP) is 8.09. The number of nitrogens with one attached hydrogen (secondary N) is 1. The first kappa shape index (κ1) is 48.8. The van der Waals surface area contributed by atoms with Crippen LogP contribution >= 0.6 is 0 Å². The van der Waals surface area contributed by atoms with Crippen LogP contribution in [0.3, 0.4) is 0 Å². The lowest BCUT2D eigenvalue weighted by molar-refractivity contribution is -0.333. The Morgan fingerprint density at radius 3 is 1.18 bits per heavy atom. The van der Waals surface area contributed by atoms with Crippen molar-refractivity contribution in [2.75, 3.05) is 13.2 Å².